The summed E-state index contributed by atoms with van der Waals surface area (Å²) in [6.07, 6.45) is 0.0845. The Morgan fingerprint density at radius 2 is 2.00 bits per heavy atom. The average molecular weight is 500 g/mol. The summed E-state index contributed by atoms with van der Waals surface area (Å²) in [5.41, 5.74) is 2.69. The van der Waals surface area contributed by atoms with Gasteiger partial charge in [-0.25, -0.2) is 4.79 Å². The maximum absolute atomic E-state index is 13.8. The Hall–Kier alpha value is -3.94. The highest BCUT2D eigenvalue weighted by molar-refractivity contribution is 6.25. The van der Waals surface area contributed by atoms with Crippen molar-refractivity contribution in [2.45, 2.75) is 24.5 Å². The Kier molecular flexibility index (Phi) is 5.14. The molecule has 2 aromatic rings. The summed E-state index contributed by atoms with van der Waals surface area (Å²) in [6, 6.07) is 0.340. The average Bonchev–Trinajstić information content (AvgIpc) is 3.17. The number of allylic oxidation sites excluding steroid dienone is 1. The lowest BCUT2D eigenvalue weighted by Crippen LogP contribution is -2.64. The molecule has 0 fully saturated rings. The number of carbonyl (C=O) groups excluding carboxylic acids is 3. The highest BCUT2D eigenvalue weighted by Crippen LogP contribution is 2.52. The van der Waals surface area contributed by atoms with Crippen molar-refractivity contribution < 1.29 is 39.2 Å². The molecular weight excluding hydrogens is 476 g/mol. The fourth-order valence-corrected chi connectivity index (χ4v) is 5.87. The van der Waals surface area contributed by atoms with Gasteiger partial charge in [-0.05, 0) is 30.4 Å². The predicted octanol–water partition coefficient (Wildman–Crippen LogP) is -1.11. The van der Waals surface area contributed by atoms with E-state index in [-0.39, 0.29) is 35.1 Å². The summed E-state index contributed by atoms with van der Waals surface area (Å²) in [4.78, 5) is 55.2. The van der Waals surface area contributed by atoms with Crippen molar-refractivity contribution in [2.75, 3.05) is 25.7 Å². The van der Waals surface area contributed by atoms with Crippen LogP contribution in [0.3, 0.4) is 0 Å². The van der Waals surface area contributed by atoms with Gasteiger partial charge in [0.15, 0.2) is 17.0 Å². The first kappa shape index (κ1) is 23.8. The number of aliphatic hydroxyl groups excluding tert-OH is 3. The number of carbonyl (C=O) groups is 3. The number of aliphatic hydroxyl groups is 4. The van der Waals surface area contributed by atoms with Crippen LogP contribution in [0.5, 0.6) is 0 Å². The number of ketones is 2. The van der Waals surface area contributed by atoms with E-state index >= 15 is 0 Å². The summed E-state index contributed by atoms with van der Waals surface area (Å²) in [5, 5.41) is 45.5. The molecule has 0 aliphatic heterocycles. The Balaban J connectivity index is 1.78. The van der Waals surface area contributed by atoms with Crippen LogP contribution in [0, 0.1) is 11.8 Å². The van der Waals surface area contributed by atoms with Gasteiger partial charge in [0.25, 0.3) is 5.91 Å². The number of Topliss-reactive ketones (excluding diaryl/α,β-unsaturated/α-hetero) is 2. The van der Waals surface area contributed by atoms with Gasteiger partial charge in [0.05, 0.1) is 23.9 Å². The van der Waals surface area contributed by atoms with Gasteiger partial charge in [0.2, 0.25) is 5.78 Å². The number of hydrogen-bond donors (Lipinski definition) is 7. The van der Waals surface area contributed by atoms with Crippen LogP contribution in [-0.2, 0) is 16.0 Å². The third-order valence-corrected chi connectivity index (χ3v) is 7.38. The minimum Gasteiger partial charge on any atom is -0.510 e. The molecule has 190 valence electrons. The number of nitrogens with zero attached hydrogens (tertiary/aromatic N) is 1. The molecule has 3 aliphatic rings. The number of anilines is 1. The maximum Gasteiger partial charge on any atom is 0.417 e. The van der Waals surface area contributed by atoms with Gasteiger partial charge in [-0.2, -0.15) is 0 Å². The van der Waals surface area contributed by atoms with Crippen LogP contribution >= 0.6 is 0 Å². The number of primary amides is 1. The number of oxazole rings is 1. The Morgan fingerprint density at radius 3 is 2.61 bits per heavy atom. The standard InChI is InChI=1S/C23H24N4O9/c1-27(2)11-5-10-18(36-22(34)26-10)13-8(11)3-7-4-9-15(25-6-28)17(30)14(21(24)33)20(32)23(9,35)19(31)12(7)16(13)29/h5,7,9,15,25,28,30-31,35H,3-4,6H2,1-2H3,(H2,24,33)(H,26,34)/t7-,9-,15+,23-/m0/s1. The molecule has 0 bridgehead atoms. The van der Waals surface area contributed by atoms with Crippen LogP contribution in [-0.4, -0.2) is 75.4 Å². The third kappa shape index (κ3) is 2.93. The van der Waals surface area contributed by atoms with Crippen LogP contribution in [0.15, 0.2) is 37.9 Å². The second-order valence-corrected chi connectivity index (χ2v) is 9.43. The molecule has 1 aromatic carbocycles. The van der Waals surface area contributed by atoms with E-state index in [1.165, 1.54) is 0 Å². The zero-order valence-corrected chi connectivity index (χ0v) is 19.3. The van der Waals surface area contributed by atoms with Crippen molar-refractivity contribution >= 4 is 34.3 Å². The van der Waals surface area contributed by atoms with Gasteiger partial charge in [0, 0.05) is 31.3 Å². The quantitative estimate of drug-likeness (QED) is 0.197. The minimum atomic E-state index is -2.78. The minimum absolute atomic E-state index is 0.0104. The Labute approximate surface area is 202 Å². The second kappa shape index (κ2) is 7.78. The second-order valence-electron chi connectivity index (χ2n) is 9.43. The van der Waals surface area contributed by atoms with Crippen molar-refractivity contribution in [1.29, 1.82) is 0 Å². The lowest BCUT2D eigenvalue weighted by atomic mass is 9.58. The van der Waals surface area contributed by atoms with Gasteiger partial charge in [0.1, 0.15) is 17.1 Å². The van der Waals surface area contributed by atoms with E-state index in [1.54, 1.807) is 25.1 Å². The number of H-pyrrole nitrogens is 1. The first-order valence-electron chi connectivity index (χ1n) is 11.1. The van der Waals surface area contributed by atoms with Gasteiger partial charge in [-0.3, -0.25) is 24.7 Å². The molecule has 13 nitrogen and oxygen atoms in total. The molecule has 36 heavy (non-hydrogen) atoms. The molecule has 5 rings (SSSR count). The number of nitrogens with one attached hydrogen (secondary N) is 2. The summed E-state index contributed by atoms with van der Waals surface area (Å²) >= 11 is 0. The number of aromatic nitrogens is 1. The van der Waals surface area contributed by atoms with Gasteiger partial charge in [-0.1, -0.05) is 0 Å². The Morgan fingerprint density at radius 1 is 1.31 bits per heavy atom. The lowest BCUT2D eigenvalue weighted by molar-refractivity contribution is -0.146. The number of aromatic amines is 1. The van der Waals surface area contributed by atoms with Crippen LogP contribution in [0.1, 0.15) is 22.3 Å². The third-order valence-electron chi connectivity index (χ3n) is 7.38. The number of rotatable bonds is 4. The smallest absolute Gasteiger partial charge is 0.417 e. The summed E-state index contributed by atoms with van der Waals surface area (Å²) in [7, 11) is 3.50. The highest BCUT2D eigenvalue weighted by Gasteiger charge is 2.62. The molecule has 0 radical (unpaired) electrons. The van der Waals surface area contributed by atoms with Crippen LogP contribution in [0.25, 0.3) is 11.1 Å². The molecule has 1 amide bonds. The molecular formula is C23H24N4O9. The summed E-state index contributed by atoms with van der Waals surface area (Å²) in [5.74, 6) is -7.93. The van der Waals surface area contributed by atoms with Crippen LogP contribution in [0.4, 0.5) is 5.69 Å². The molecule has 1 aromatic heterocycles. The van der Waals surface area contributed by atoms with E-state index in [2.05, 4.69) is 10.3 Å². The van der Waals surface area contributed by atoms with E-state index < -0.39 is 70.5 Å². The van der Waals surface area contributed by atoms with Crippen molar-refractivity contribution in [2.24, 2.45) is 17.6 Å². The topological polar surface area (TPSA) is 219 Å². The fraction of sp³-hybridized carbons (Fsp3) is 0.391. The molecule has 13 heteroatoms. The fourth-order valence-electron chi connectivity index (χ4n) is 5.87. The van der Waals surface area contributed by atoms with E-state index in [1.807, 2.05) is 0 Å². The SMILES string of the molecule is CN(C)c1cc2[nH]c(=O)oc2c2c1C[C@H]1C[C@H]3[C@@H](NCO)C(O)=C(C(N)=O)C(=O)[C@@]3(O)C(O)=C1C2=O. The van der Waals surface area contributed by atoms with Crippen molar-refractivity contribution in [3.05, 3.63) is 50.4 Å². The molecule has 3 aliphatic carbocycles. The normalized spacial score (nSPS) is 27.7. The van der Waals surface area contributed by atoms with E-state index in [4.69, 9.17) is 10.2 Å². The number of benzene rings is 1. The van der Waals surface area contributed by atoms with Crippen molar-refractivity contribution in [1.82, 2.24) is 10.3 Å². The lowest BCUT2D eigenvalue weighted by Gasteiger charge is -2.48. The molecule has 0 saturated heterocycles. The van der Waals surface area contributed by atoms with Crippen LogP contribution in [0.2, 0.25) is 0 Å². The number of nitrogens with two attached hydrogens (primary N) is 1. The molecule has 0 saturated carbocycles. The van der Waals surface area contributed by atoms with Gasteiger partial charge >= 0.3 is 5.76 Å². The van der Waals surface area contributed by atoms with Crippen molar-refractivity contribution in [3.8, 4) is 0 Å². The molecule has 4 atom stereocenters. The zero-order valence-electron chi connectivity index (χ0n) is 19.3. The van der Waals surface area contributed by atoms with E-state index in [0.717, 1.165) is 0 Å². The monoisotopic (exact) mass is 500 g/mol. The molecule has 0 unspecified atom stereocenters. The van der Waals surface area contributed by atoms with E-state index in [9.17, 15) is 39.6 Å². The van der Waals surface area contributed by atoms with Crippen molar-refractivity contribution in [3.63, 3.8) is 0 Å². The summed E-state index contributed by atoms with van der Waals surface area (Å²) < 4.78 is 5.23. The largest absolute Gasteiger partial charge is 0.510 e. The molecule has 1 heterocycles. The van der Waals surface area contributed by atoms with Crippen LogP contribution < -0.4 is 21.7 Å². The predicted molar refractivity (Wildman–Crippen MR) is 123 cm³/mol. The number of amides is 1. The number of hydrogen-bond acceptors (Lipinski definition) is 11. The maximum atomic E-state index is 13.8. The molecule has 0 spiro atoms. The van der Waals surface area contributed by atoms with E-state index in [0.29, 0.717) is 11.3 Å². The van der Waals surface area contributed by atoms with Gasteiger partial charge < -0.3 is 35.5 Å². The van der Waals surface area contributed by atoms with Gasteiger partial charge in [-0.15, -0.1) is 0 Å². The Bertz CT molecular complexity index is 1480. The highest BCUT2D eigenvalue weighted by atomic mass is 16.4. The first-order chi connectivity index (χ1) is 16.9. The zero-order chi connectivity index (χ0) is 26.3. The summed E-state index contributed by atoms with van der Waals surface area (Å²) in [6.45, 7) is -0.694. The first-order valence-corrected chi connectivity index (χ1v) is 11.1. The molecule has 8 N–H and O–H groups in total. The number of fused-ring (bicyclic) bond motifs is 5.